The zero-order chi connectivity index (χ0) is 27.3. The summed E-state index contributed by atoms with van der Waals surface area (Å²) in [6.45, 7) is 10.0. The maximum Gasteiger partial charge on any atom is 0.116 e. The van der Waals surface area contributed by atoms with Crippen LogP contribution in [0.1, 0.15) is 42.5 Å². The smallest absolute Gasteiger partial charge is 0.116 e. The van der Waals surface area contributed by atoms with Gasteiger partial charge in [-0.15, -0.1) is 11.3 Å². The van der Waals surface area contributed by atoms with Crippen LogP contribution < -0.4 is 0 Å². The van der Waals surface area contributed by atoms with Crippen LogP contribution in [0.25, 0.3) is 21.1 Å². The molecule has 0 saturated carbocycles. The van der Waals surface area contributed by atoms with E-state index in [-0.39, 0.29) is 12.3 Å². The Balaban J connectivity index is 1.18. The number of hydrogen-bond donors (Lipinski definition) is 2. The zero-order valence-corrected chi connectivity index (χ0v) is 24.1. The van der Waals surface area contributed by atoms with Crippen molar-refractivity contribution in [2.24, 2.45) is 0 Å². The van der Waals surface area contributed by atoms with E-state index in [1.165, 1.54) is 15.8 Å². The van der Waals surface area contributed by atoms with Crippen LogP contribution in [0.2, 0.25) is 0 Å². The van der Waals surface area contributed by atoms with Gasteiger partial charge in [-0.3, -0.25) is 14.7 Å². The molecule has 2 aliphatic heterocycles. The van der Waals surface area contributed by atoms with E-state index in [1.807, 2.05) is 12.4 Å². The van der Waals surface area contributed by atoms with Crippen molar-refractivity contribution in [3.05, 3.63) is 59.5 Å². The van der Waals surface area contributed by atoms with E-state index in [2.05, 4.69) is 66.9 Å². The van der Waals surface area contributed by atoms with Crippen molar-refractivity contribution in [2.45, 2.75) is 38.1 Å². The van der Waals surface area contributed by atoms with Crippen LogP contribution in [-0.4, -0.2) is 106 Å². The number of β-amino-alcohol motifs (C(OH)–C–C–N with tert-alkyl or cyclic N) is 1. The Bertz CT molecular complexity index is 1340. The number of ether oxygens (including phenoxy) is 2. The van der Waals surface area contributed by atoms with Gasteiger partial charge in [-0.2, -0.15) is 0 Å². The van der Waals surface area contributed by atoms with Gasteiger partial charge in [-0.1, -0.05) is 25.5 Å². The Hall–Kier alpha value is -2.44. The van der Waals surface area contributed by atoms with Gasteiger partial charge in [0.25, 0.3) is 0 Å². The quantitative estimate of drug-likeness (QED) is 0.264. The van der Waals surface area contributed by atoms with Crippen LogP contribution in [0.4, 0.5) is 0 Å². The molecule has 0 bridgehead atoms. The fourth-order valence-electron chi connectivity index (χ4n) is 6.00. The minimum Gasteiger partial charge on any atom is -0.389 e. The molecule has 0 spiro atoms. The number of morpholine rings is 1. The predicted molar refractivity (Wildman–Crippen MR) is 158 cm³/mol. The Morgan fingerprint density at radius 3 is 2.92 bits per heavy atom. The summed E-state index contributed by atoms with van der Waals surface area (Å²) in [5.74, 6) is 0. The number of aliphatic hydroxyl groups is 1. The summed E-state index contributed by atoms with van der Waals surface area (Å²) in [5, 5.41) is 11.8. The highest BCUT2D eigenvalue weighted by molar-refractivity contribution is 7.19. The lowest BCUT2D eigenvalue weighted by Gasteiger charge is -2.46. The first-order chi connectivity index (χ1) is 19.7. The minimum atomic E-state index is -0.448. The van der Waals surface area contributed by atoms with Crippen LogP contribution >= 0.6 is 11.3 Å². The van der Waals surface area contributed by atoms with Gasteiger partial charge in [0.2, 0.25) is 0 Å². The van der Waals surface area contributed by atoms with Crippen LogP contribution in [-0.2, 0) is 9.47 Å². The first-order valence-electron chi connectivity index (χ1n) is 14.5. The number of aromatic nitrogens is 3. The Kier molecular flexibility index (Phi) is 9.03. The highest BCUT2D eigenvalue weighted by Crippen LogP contribution is 2.38. The van der Waals surface area contributed by atoms with E-state index in [9.17, 15) is 5.11 Å². The Labute approximate surface area is 239 Å². The summed E-state index contributed by atoms with van der Waals surface area (Å²) in [4.78, 5) is 21.0. The lowest BCUT2D eigenvalue weighted by molar-refractivity contribution is -0.0857. The molecule has 3 atom stereocenters. The zero-order valence-electron chi connectivity index (χ0n) is 23.2. The molecule has 2 aliphatic rings. The molecule has 10 heteroatoms. The van der Waals surface area contributed by atoms with Crippen LogP contribution in [0.3, 0.4) is 0 Å². The molecule has 2 N–H and O–H groups in total. The maximum atomic E-state index is 10.5. The first-order valence-corrected chi connectivity index (χ1v) is 15.3. The molecule has 40 heavy (non-hydrogen) atoms. The summed E-state index contributed by atoms with van der Waals surface area (Å²) in [6, 6.07) is 10.8. The van der Waals surface area contributed by atoms with Crippen molar-refractivity contribution < 1.29 is 14.6 Å². The molecule has 3 aromatic heterocycles. The summed E-state index contributed by atoms with van der Waals surface area (Å²) in [6.07, 6.45) is 7.40. The van der Waals surface area contributed by atoms with E-state index in [0.717, 1.165) is 74.5 Å². The van der Waals surface area contributed by atoms with Gasteiger partial charge in [0.1, 0.15) is 6.33 Å². The van der Waals surface area contributed by atoms with Gasteiger partial charge in [-0.25, -0.2) is 9.97 Å². The number of nitrogens with one attached hydrogen (secondary N) is 1. The van der Waals surface area contributed by atoms with Gasteiger partial charge in [0.15, 0.2) is 0 Å². The summed E-state index contributed by atoms with van der Waals surface area (Å²) >= 11 is 1.79. The number of H-pyrrole nitrogens is 1. The highest BCUT2D eigenvalue weighted by Gasteiger charge is 2.35. The van der Waals surface area contributed by atoms with Crippen molar-refractivity contribution in [2.75, 3.05) is 65.6 Å². The second-order valence-corrected chi connectivity index (χ2v) is 12.0. The van der Waals surface area contributed by atoms with Gasteiger partial charge < -0.3 is 19.6 Å². The van der Waals surface area contributed by atoms with Gasteiger partial charge in [0, 0.05) is 80.6 Å². The van der Waals surface area contributed by atoms with Crippen molar-refractivity contribution in [1.82, 2.24) is 29.7 Å². The average Bonchev–Trinajstić information content (AvgIpc) is 3.64. The molecule has 214 valence electrons. The standard InChI is InChI=1S/C30H40N6O3S/c1-2-3-14-38-20-22(37)18-34-9-11-35(12-10-34)30(28-16-26-29(40-28)17-31-21-33-26)36-13-15-39-27(19-36)24-5-4-6-25-23(24)7-8-32-25/h4-8,16-17,21-22,27,30,32,37H,2-3,9-15,18-20H2,1H3. The maximum absolute atomic E-state index is 10.5. The monoisotopic (exact) mass is 564 g/mol. The average molecular weight is 565 g/mol. The number of unbranched alkanes of at least 4 members (excludes halogenated alkanes) is 1. The molecule has 5 heterocycles. The van der Waals surface area contributed by atoms with Crippen LogP contribution in [0.5, 0.6) is 0 Å². The summed E-state index contributed by atoms with van der Waals surface area (Å²) < 4.78 is 13.1. The molecular weight excluding hydrogens is 524 g/mol. The van der Waals surface area contributed by atoms with E-state index < -0.39 is 6.10 Å². The first kappa shape index (κ1) is 27.7. The van der Waals surface area contributed by atoms with Crippen molar-refractivity contribution >= 4 is 32.5 Å². The third kappa shape index (κ3) is 6.23. The van der Waals surface area contributed by atoms with Crippen LogP contribution in [0.15, 0.2) is 49.1 Å². The molecule has 9 nitrogen and oxygen atoms in total. The number of aromatic amines is 1. The predicted octanol–water partition coefficient (Wildman–Crippen LogP) is 4.04. The van der Waals surface area contributed by atoms with E-state index >= 15 is 0 Å². The second-order valence-electron chi connectivity index (χ2n) is 10.9. The molecular formula is C30H40N6O3S. The van der Waals surface area contributed by atoms with Crippen LogP contribution in [0, 0.1) is 0 Å². The largest absolute Gasteiger partial charge is 0.389 e. The van der Waals surface area contributed by atoms with Crippen molar-refractivity contribution in [1.29, 1.82) is 0 Å². The number of hydrogen-bond acceptors (Lipinski definition) is 9. The molecule has 1 aromatic carbocycles. The number of piperazine rings is 1. The number of benzene rings is 1. The number of aliphatic hydroxyl groups excluding tert-OH is 1. The molecule has 6 rings (SSSR count). The van der Waals surface area contributed by atoms with Gasteiger partial charge in [-0.05, 0) is 30.2 Å². The fraction of sp³-hybridized carbons (Fsp3) is 0.533. The molecule has 0 radical (unpaired) electrons. The highest BCUT2D eigenvalue weighted by atomic mass is 32.1. The van der Waals surface area contributed by atoms with E-state index in [0.29, 0.717) is 19.8 Å². The third-order valence-corrected chi connectivity index (χ3v) is 9.16. The molecule has 2 fully saturated rings. The number of thiophene rings is 1. The second kappa shape index (κ2) is 13.0. The SMILES string of the molecule is CCCCOCC(O)CN1CCN(C(c2cc3ncncc3s2)N2CCOC(c3cccc4[nH]ccc34)C2)CC1. The van der Waals surface area contributed by atoms with Crippen molar-refractivity contribution in [3.63, 3.8) is 0 Å². The number of nitrogens with zero attached hydrogens (tertiary/aromatic N) is 5. The normalized spacial score (nSPS) is 21.3. The minimum absolute atomic E-state index is 0.00839. The molecule has 4 aromatic rings. The van der Waals surface area contributed by atoms with Gasteiger partial charge in [0.05, 0.1) is 41.8 Å². The van der Waals surface area contributed by atoms with Gasteiger partial charge >= 0.3 is 0 Å². The van der Waals surface area contributed by atoms with E-state index in [1.54, 1.807) is 17.7 Å². The van der Waals surface area contributed by atoms with Crippen molar-refractivity contribution in [3.8, 4) is 0 Å². The topological polar surface area (TPSA) is 90.0 Å². The number of fused-ring (bicyclic) bond motifs is 2. The molecule has 0 amide bonds. The Morgan fingerprint density at radius 2 is 2.08 bits per heavy atom. The fourth-order valence-corrected chi connectivity index (χ4v) is 7.16. The summed E-state index contributed by atoms with van der Waals surface area (Å²) in [5.41, 5.74) is 3.39. The van der Waals surface area contributed by atoms with E-state index in [4.69, 9.17) is 9.47 Å². The summed E-state index contributed by atoms with van der Waals surface area (Å²) in [7, 11) is 0. The lowest BCUT2D eigenvalue weighted by Crippen LogP contribution is -2.54. The molecule has 3 unspecified atom stereocenters. The molecule has 2 saturated heterocycles. The molecule has 0 aliphatic carbocycles. The Morgan fingerprint density at radius 1 is 1.18 bits per heavy atom. The lowest BCUT2D eigenvalue weighted by atomic mass is 10.0. The number of rotatable bonds is 11. The third-order valence-electron chi connectivity index (χ3n) is 8.06.